The lowest BCUT2D eigenvalue weighted by molar-refractivity contribution is 0.0304. The molecular weight excluding hydrogens is 378 g/mol. The van der Waals surface area contributed by atoms with Crippen LogP contribution in [0, 0.1) is 24.7 Å². The van der Waals surface area contributed by atoms with Crippen LogP contribution in [0.2, 0.25) is 0 Å². The lowest BCUT2D eigenvalue weighted by Gasteiger charge is -2.16. The second-order valence-corrected chi connectivity index (χ2v) is 7.71. The van der Waals surface area contributed by atoms with Crippen LogP contribution in [0.5, 0.6) is 11.5 Å². The monoisotopic (exact) mass is 401 g/mol. The van der Waals surface area contributed by atoms with Crippen molar-refractivity contribution in [3.8, 4) is 23.3 Å². The molecule has 6 nitrogen and oxygen atoms in total. The van der Waals surface area contributed by atoms with Crippen LogP contribution < -0.4 is 9.47 Å². The summed E-state index contributed by atoms with van der Waals surface area (Å²) in [5.41, 5.74) is 3.92. The van der Waals surface area contributed by atoms with Gasteiger partial charge in [0, 0.05) is 18.6 Å². The highest BCUT2D eigenvalue weighted by Crippen LogP contribution is 2.34. The smallest absolute Gasteiger partial charge is 0.260 e. The molecule has 2 heterocycles. The van der Waals surface area contributed by atoms with Crippen LogP contribution in [0.15, 0.2) is 48.7 Å². The lowest BCUT2D eigenvalue weighted by Crippen LogP contribution is -2.25. The average Bonchev–Trinajstić information content (AvgIpc) is 3.32. The number of para-hydroxylation sites is 2. The first-order chi connectivity index (χ1) is 14.7. The number of fused-ring (bicyclic) bond motifs is 1. The van der Waals surface area contributed by atoms with Gasteiger partial charge in [0.2, 0.25) is 0 Å². The summed E-state index contributed by atoms with van der Waals surface area (Å²) in [4.78, 5) is 0. The Balaban J connectivity index is 1.33. The third-order valence-electron chi connectivity index (χ3n) is 5.32. The maximum atomic E-state index is 5.82. The Bertz CT molecular complexity index is 1100. The molecule has 0 bridgehead atoms. The SMILES string of the molecule is COC(c1cn(CC2Oc3ccccc3O2)nn1)c1cc(C#CC2CC2)ccc1C. The molecule has 1 fully saturated rings. The van der Waals surface area contributed by atoms with Gasteiger partial charge in [-0.2, -0.15) is 0 Å². The van der Waals surface area contributed by atoms with Crippen molar-refractivity contribution in [2.45, 2.75) is 38.7 Å². The number of nitrogens with zero attached hydrogens (tertiary/aromatic N) is 3. The van der Waals surface area contributed by atoms with Crippen LogP contribution in [-0.2, 0) is 11.3 Å². The molecule has 1 atom stereocenters. The van der Waals surface area contributed by atoms with Gasteiger partial charge >= 0.3 is 0 Å². The third-order valence-corrected chi connectivity index (χ3v) is 5.32. The standard InChI is InChI=1S/C24H23N3O3/c1-16-7-8-18(12-11-17-9-10-17)13-19(16)24(28-2)20-14-27(26-25-20)15-23-29-21-5-3-4-6-22(21)30-23/h3-8,13-14,17,23-24H,9-10,15H2,1-2H3. The first kappa shape index (κ1) is 18.7. The Morgan fingerprint density at radius 1 is 1.17 bits per heavy atom. The summed E-state index contributed by atoms with van der Waals surface area (Å²) >= 11 is 0. The van der Waals surface area contributed by atoms with Crippen molar-refractivity contribution in [1.29, 1.82) is 0 Å². The van der Waals surface area contributed by atoms with Gasteiger partial charge in [-0.15, -0.1) is 5.10 Å². The Labute approximate surface area is 175 Å². The minimum Gasteiger partial charge on any atom is -0.449 e. The minimum absolute atomic E-state index is 0.316. The van der Waals surface area contributed by atoms with E-state index in [4.69, 9.17) is 14.2 Å². The summed E-state index contributed by atoms with van der Waals surface area (Å²) in [7, 11) is 1.69. The van der Waals surface area contributed by atoms with E-state index in [0.29, 0.717) is 12.5 Å². The topological polar surface area (TPSA) is 58.4 Å². The van der Waals surface area contributed by atoms with Crippen molar-refractivity contribution in [3.05, 3.63) is 71.0 Å². The van der Waals surface area contributed by atoms with Crippen molar-refractivity contribution in [2.75, 3.05) is 7.11 Å². The van der Waals surface area contributed by atoms with Gasteiger partial charge in [0.05, 0.1) is 6.20 Å². The number of hydrogen-bond acceptors (Lipinski definition) is 5. The molecule has 0 N–H and O–H groups in total. The molecular formula is C24H23N3O3. The number of ether oxygens (including phenoxy) is 3. The first-order valence-corrected chi connectivity index (χ1v) is 10.2. The Morgan fingerprint density at radius 3 is 2.63 bits per heavy atom. The summed E-state index contributed by atoms with van der Waals surface area (Å²) in [6.07, 6.45) is 3.57. The van der Waals surface area contributed by atoms with E-state index in [2.05, 4.69) is 47.3 Å². The Kier molecular flexibility index (Phi) is 4.89. The maximum absolute atomic E-state index is 5.82. The fourth-order valence-corrected chi connectivity index (χ4v) is 3.52. The number of hydrogen-bond donors (Lipinski definition) is 0. The number of aromatic nitrogens is 3. The molecule has 0 spiro atoms. The molecule has 1 aliphatic heterocycles. The molecule has 0 radical (unpaired) electrons. The molecule has 1 saturated carbocycles. The minimum atomic E-state index is -0.430. The number of methoxy groups -OCH3 is 1. The normalized spacial score (nSPS) is 16.2. The maximum Gasteiger partial charge on any atom is 0.260 e. The molecule has 1 unspecified atom stereocenters. The number of aryl methyl sites for hydroxylation is 1. The van der Waals surface area contributed by atoms with Crippen LogP contribution >= 0.6 is 0 Å². The molecule has 2 aliphatic rings. The summed E-state index contributed by atoms with van der Waals surface area (Å²) in [6, 6.07) is 13.9. The molecule has 0 saturated heterocycles. The molecule has 30 heavy (non-hydrogen) atoms. The number of benzene rings is 2. The third kappa shape index (κ3) is 3.89. The summed E-state index contributed by atoms with van der Waals surface area (Å²) < 4.78 is 19.2. The van der Waals surface area contributed by atoms with E-state index < -0.39 is 6.29 Å². The van der Waals surface area contributed by atoms with Gasteiger partial charge in [-0.1, -0.05) is 35.3 Å². The fourth-order valence-electron chi connectivity index (χ4n) is 3.52. The highest BCUT2D eigenvalue weighted by molar-refractivity contribution is 5.44. The molecule has 2 aromatic carbocycles. The van der Waals surface area contributed by atoms with Gasteiger partial charge in [-0.05, 0) is 55.2 Å². The van der Waals surface area contributed by atoms with Crippen molar-refractivity contribution in [1.82, 2.24) is 15.0 Å². The van der Waals surface area contributed by atoms with E-state index in [0.717, 1.165) is 33.9 Å². The zero-order chi connectivity index (χ0) is 20.5. The van der Waals surface area contributed by atoms with Gasteiger partial charge in [-0.25, -0.2) is 4.68 Å². The lowest BCUT2D eigenvalue weighted by atomic mass is 9.98. The predicted molar refractivity (Wildman–Crippen MR) is 111 cm³/mol. The van der Waals surface area contributed by atoms with Crippen molar-refractivity contribution >= 4 is 0 Å². The van der Waals surface area contributed by atoms with Crippen LogP contribution in [0.25, 0.3) is 0 Å². The van der Waals surface area contributed by atoms with Crippen LogP contribution in [0.4, 0.5) is 0 Å². The van der Waals surface area contributed by atoms with Gasteiger partial charge < -0.3 is 14.2 Å². The Hall–Kier alpha value is -3.30. The zero-order valence-corrected chi connectivity index (χ0v) is 17.0. The molecule has 3 aromatic rings. The molecule has 152 valence electrons. The molecule has 1 aliphatic carbocycles. The molecule has 1 aromatic heterocycles. The van der Waals surface area contributed by atoms with Crippen molar-refractivity contribution in [3.63, 3.8) is 0 Å². The summed E-state index contributed by atoms with van der Waals surface area (Å²) in [6.45, 7) is 2.51. The van der Waals surface area contributed by atoms with E-state index >= 15 is 0 Å². The van der Waals surface area contributed by atoms with Crippen LogP contribution in [0.1, 0.15) is 41.3 Å². The molecule has 6 heteroatoms. The van der Waals surface area contributed by atoms with Gasteiger partial charge in [0.1, 0.15) is 18.3 Å². The fraction of sp³-hybridized carbons (Fsp3) is 0.333. The van der Waals surface area contributed by atoms with Gasteiger partial charge in [-0.3, -0.25) is 0 Å². The van der Waals surface area contributed by atoms with Crippen molar-refractivity contribution in [2.24, 2.45) is 5.92 Å². The largest absolute Gasteiger partial charge is 0.449 e. The van der Waals surface area contributed by atoms with Crippen LogP contribution in [0.3, 0.4) is 0 Å². The summed E-state index contributed by atoms with van der Waals surface area (Å²) in [5.74, 6) is 8.67. The first-order valence-electron chi connectivity index (χ1n) is 10.2. The van der Waals surface area contributed by atoms with Gasteiger partial charge in [0.15, 0.2) is 11.5 Å². The highest BCUT2D eigenvalue weighted by Gasteiger charge is 2.26. The second kappa shape index (κ2) is 7.85. The highest BCUT2D eigenvalue weighted by atomic mass is 16.7. The van der Waals surface area contributed by atoms with Crippen molar-refractivity contribution < 1.29 is 14.2 Å². The van der Waals surface area contributed by atoms with Crippen LogP contribution in [-0.4, -0.2) is 28.4 Å². The Morgan fingerprint density at radius 2 is 1.93 bits per heavy atom. The van der Waals surface area contributed by atoms with E-state index in [1.54, 1.807) is 11.8 Å². The van der Waals surface area contributed by atoms with E-state index in [9.17, 15) is 0 Å². The number of rotatable bonds is 5. The molecule has 0 amide bonds. The average molecular weight is 401 g/mol. The quantitative estimate of drug-likeness (QED) is 0.607. The second-order valence-electron chi connectivity index (χ2n) is 7.71. The summed E-state index contributed by atoms with van der Waals surface area (Å²) in [5, 5.41) is 8.61. The van der Waals surface area contributed by atoms with E-state index in [1.807, 2.05) is 30.5 Å². The van der Waals surface area contributed by atoms with E-state index in [1.165, 1.54) is 12.8 Å². The van der Waals surface area contributed by atoms with E-state index in [-0.39, 0.29) is 6.10 Å². The van der Waals surface area contributed by atoms with Gasteiger partial charge in [0.25, 0.3) is 6.29 Å². The zero-order valence-electron chi connectivity index (χ0n) is 17.0. The predicted octanol–water partition coefficient (Wildman–Crippen LogP) is 3.88. The molecule has 5 rings (SSSR count).